The van der Waals surface area contributed by atoms with E-state index in [0.717, 1.165) is 12.2 Å². The Morgan fingerprint density at radius 1 is 1.44 bits per heavy atom. The first-order valence-corrected chi connectivity index (χ1v) is 6.02. The fourth-order valence-corrected chi connectivity index (χ4v) is 1.69. The van der Waals surface area contributed by atoms with Gasteiger partial charge in [0.15, 0.2) is 11.5 Å². The second-order valence-electron chi connectivity index (χ2n) is 3.95. The Kier molecular flexibility index (Phi) is 5.80. The third-order valence-electron chi connectivity index (χ3n) is 2.53. The van der Waals surface area contributed by atoms with E-state index >= 15 is 0 Å². The minimum absolute atomic E-state index is 0.521. The Hall–Kier alpha value is -1.40. The predicted octanol–water partition coefficient (Wildman–Crippen LogP) is 1.21. The summed E-state index contributed by atoms with van der Waals surface area (Å²) >= 11 is 4.86. The number of pyridine rings is 1. The second kappa shape index (κ2) is 7.13. The van der Waals surface area contributed by atoms with E-state index < -0.39 is 0 Å². The van der Waals surface area contributed by atoms with Crippen LogP contribution in [0, 0.1) is 0 Å². The van der Waals surface area contributed by atoms with Crippen molar-refractivity contribution in [3.05, 3.63) is 18.0 Å². The molecule has 1 rings (SSSR count). The molecule has 2 N–H and O–H groups in total. The van der Waals surface area contributed by atoms with Gasteiger partial charge in [-0.3, -0.25) is 9.88 Å². The Morgan fingerprint density at radius 2 is 2.17 bits per heavy atom. The average molecular weight is 269 g/mol. The van der Waals surface area contributed by atoms with Crippen molar-refractivity contribution in [1.29, 1.82) is 0 Å². The number of hydrogen-bond acceptors (Lipinski definition) is 5. The summed E-state index contributed by atoms with van der Waals surface area (Å²) in [6.45, 7) is 1.44. The van der Waals surface area contributed by atoms with E-state index in [1.165, 1.54) is 0 Å². The van der Waals surface area contributed by atoms with Crippen molar-refractivity contribution < 1.29 is 9.47 Å². The van der Waals surface area contributed by atoms with Crippen LogP contribution in [0.1, 0.15) is 12.1 Å². The zero-order chi connectivity index (χ0) is 13.5. The van der Waals surface area contributed by atoms with Gasteiger partial charge in [-0.05, 0) is 7.05 Å². The van der Waals surface area contributed by atoms with E-state index in [4.69, 9.17) is 27.4 Å². The van der Waals surface area contributed by atoms with Crippen LogP contribution in [0.15, 0.2) is 12.3 Å². The normalized spacial score (nSPS) is 10.4. The van der Waals surface area contributed by atoms with Crippen LogP contribution in [-0.4, -0.2) is 42.7 Å². The minimum Gasteiger partial charge on any atom is -0.493 e. The smallest absolute Gasteiger partial charge is 0.183 e. The number of rotatable bonds is 7. The summed E-state index contributed by atoms with van der Waals surface area (Å²) in [6.07, 6.45) is 2.40. The summed E-state index contributed by atoms with van der Waals surface area (Å²) in [5, 5.41) is 0. The fraction of sp³-hybridized carbons (Fsp3) is 0.500. The van der Waals surface area contributed by atoms with Gasteiger partial charge in [0.25, 0.3) is 0 Å². The van der Waals surface area contributed by atoms with Crippen molar-refractivity contribution in [2.45, 2.75) is 13.0 Å². The number of ether oxygens (including phenoxy) is 2. The van der Waals surface area contributed by atoms with Gasteiger partial charge >= 0.3 is 0 Å². The topological polar surface area (TPSA) is 60.6 Å². The Bertz CT molecular complexity index is 412. The van der Waals surface area contributed by atoms with Gasteiger partial charge < -0.3 is 15.2 Å². The average Bonchev–Trinajstić information content (AvgIpc) is 2.36. The highest BCUT2D eigenvalue weighted by molar-refractivity contribution is 7.80. The highest BCUT2D eigenvalue weighted by atomic mass is 32.1. The highest BCUT2D eigenvalue weighted by Gasteiger charge is 2.12. The largest absolute Gasteiger partial charge is 0.493 e. The van der Waals surface area contributed by atoms with Gasteiger partial charge in [0.1, 0.15) is 5.69 Å². The minimum atomic E-state index is 0.521. The zero-order valence-corrected chi connectivity index (χ0v) is 11.8. The van der Waals surface area contributed by atoms with Crippen LogP contribution in [0.3, 0.4) is 0 Å². The molecule has 0 amide bonds. The molecule has 18 heavy (non-hydrogen) atoms. The SMILES string of the molecule is COc1ccnc(CN(C)CCC(N)=S)c1OC. The molecule has 0 fully saturated rings. The van der Waals surface area contributed by atoms with Gasteiger partial charge in [0.05, 0.1) is 19.2 Å². The molecule has 1 aromatic heterocycles. The van der Waals surface area contributed by atoms with E-state index in [9.17, 15) is 0 Å². The van der Waals surface area contributed by atoms with Crippen molar-refractivity contribution >= 4 is 17.2 Å². The number of aromatic nitrogens is 1. The van der Waals surface area contributed by atoms with E-state index in [0.29, 0.717) is 29.5 Å². The molecule has 0 unspecified atom stereocenters. The van der Waals surface area contributed by atoms with Crippen molar-refractivity contribution in [3.8, 4) is 11.5 Å². The maximum Gasteiger partial charge on any atom is 0.183 e. The maximum absolute atomic E-state index is 5.48. The molecule has 0 spiro atoms. The molecule has 0 bridgehead atoms. The van der Waals surface area contributed by atoms with Crippen LogP contribution in [0.25, 0.3) is 0 Å². The lowest BCUT2D eigenvalue weighted by Crippen LogP contribution is -2.24. The fourth-order valence-electron chi connectivity index (χ4n) is 1.60. The van der Waals surface area contributed by atoms with Gasteiger partial charge in [-0.1, -0.05) is 12.2 Å². The molecule has 0 aliphatic rings. The second-order valence-corrected chi connectivity index (χ2v) is 4.47. The van der Waals surface area contributed by atoms with Crippen LogP contribution in [0.5, 0.6) is 11.5 Å². The third kappa shape index (κ3) is 4.12. The molecule has 1 aromatic rings. The zero-order valence-electron chi connectivity index (χ0n) is 11.0. The summed E-state index contributed by atoms with van der Waals surface area (Å²) in [4.78, 5) is 6.92. The molecule has 100 valence electrons. The van der Waals surface area contributed by atoms with Crippen molar-refractivity contribution in [1.82, 2.24) is 9.88 Å². The van der Waals surface area contributed by atoms with Crippen molar-refractivity contribution in [2.24, 2.45) is 5.73 Å². The maximum atomic E-state index is 5.48. The number of nitrogens with zero attached hydrogens (tertiary/aromatic N) is 2. The first kappa shape index (κ1) is 14.7. The quantitative estimate of drug-likeness (QED) is 0.751. The molecule has 0 saturated carbocycles. The molecule has 0 radical (unpaired) electrons. The lowest BCUT2D eigenvalue weighted by molar-refractivity contribution is 0.310. The third-order valence-corrected chi connectivity index (χ3v) is 2.73. The molecule has 0 saturated heterocycles. The number of hydrogen-bond donors (Lipinski definition) is 1. The monoisotopic (exact) mass is 269 g/mol. The highest BCUT2D eigenvalue weighted by Crippen LogP contribution is 2.29. The summed E-state index contributed by atoms with van der Waals surface area (Å²) < 4.78 is 10.6. The molecular weight excluding hydrogens is 250 g/mol. The first-order chi connectivity index (χ1) is 8.58. The van der Waals surface area contributed by atoms with E-state index in [1.807, 2.05) is 7.05 Å². The lowest BCUT2D eigenvalue weighted by atomic mass is 10.2. The van der Waals surface area contributed by atoms with Crippen LogP contribution in [0.4, 0.5) is 0 Å². The van der Waals surface area contributed by atoms with Crippen molar-refractivity contribution in [2.75, 3.05) is 27.8 Å². The van der Waals surface area contributed by atoms with Crippen LogP contribution < -0.4 is 15.2 Å². The Morgan fingerprint density at radius 3 is 2.72 bits per heavy atom. The lowest BCUT2D eigenvalue weighted by Gasteiger charge is -2.18. The molecular formula is C12H19N3O2S. The molecule has 0 aromatic carbocycles. The number of nitrogens with two attached hydrogens (primary N) is 1. The molecule has 1 heterocycles. The predicted molar refractivity (Wildman–Crippen MR) is 75.1 cm³/mol. The first-order valence-electron chi connectivity index (χ1n) is 5.61. The van der Waals surface area contributed by atoms with E-state index in [1.54, 1.807) is 26.5 Å². The summed E-state index contributed by atoms with van der Waals surface area (Å²) in [5.41, 5.74) is 6.32. The Balaban J connectivity index is 2.74. The van der Waals surface area contributed by atoms with Crippen molar-refractivity contribution in [3.63, 3.8) is 0 Å². The number of thiocarbonyl (C=S) groups is 1. The van der Waals surface area contributed by atoms with Crippen LogP contribution in [0.2, 0.25) is 0 Å². The molecule has 6 heteroatoms. The van der Waals surface area contributed by atoms with Crippen LogP contribution in [-0.2, 0) is 6.54 Å². The Labute approximate surface area is 113 Å². The van der Waals surface area contributed by atoms with Gasteiger partial charge in [-0.25, -0.2) is 0 Å². The van der Waals surface area contributed by atoms with Gasteiger partial charge in [0.2, 0.25) is 0 Å². The summed E-state index contributed by atoms with van der Waals surface area (Å²) in [5.74, 6) is 1.35. The van der Waals surface area contributed by atoms with E-state index in [-0.39, 0.29) is 0 Å². The van der Waals surface area contributed by atoms with Gasteiger partial charge in [-0.15, -0.1) is 0 Å². The number of methoxy groups -OCH3 is 2. The van der Waals surface area contributed by atoms with Gasteiger partial charge in [-0.2, -0.15) is 0 Å². The standard InChI is InChI=1S/C12H19N3O2S/c1-15(7-5-11(13)18)8-9-12(17-3)10(16-2)4-6-14-9/h4,6H,5,7-8H2,1-3H3,(H2,13,18). The molecule has 0 aliphatic carbocycles. The van der Waals surface area contributed by atoms with Crippen LogP contribution >= 0.6 is 12.2 Å². The molecule has 5 nitrogen and oxygen atoms in total. The molecule has 0 aliphatic heterocycles. The molecule has 0 atom stereocenters. The summed E-state index contributed by atoms with van der Waals surface area (Å²) in [7, 11) is 5.20. The summed E-state index contributed by atoms with van der Waals surface area (Å²) in [6, 6.07) is 1.78. The van der Waals surface area contributed by atoms with E-state index in [2.05, 4.69) is 9.88 Å². The van der Waals surface area contributed by atoms with Gasteiger partial charge in [0, 0.05) is 31.8 Å².